The first-order valence-corrected chi connectivity index (χ1v) is 9.61. The van der Waals surface area contributed by atoms with Crippen LogP contribution in [0.1, 0.15) is 12.8 Å². The molecule has 0 radical (unpaired) electrons. The van der Waals surface area contributed by atoms with Gasteiger partial charge >= 0.3 is 26.7 Å². The van der Waals surface area contributed by atoms with Gasteiger partial charge in [0.25, 0.3) is 0 Å². The SMILES string of the molecule is CO[Si](COC(=O)C(=O)OC1C2CC3C(=O)OC1C3C2)(OC)OC. The van der Waals surface area contributed by atoms with Gasteiger partial charge in [-0.3, -0.25) is 4.79 Å². The van der Waals surface area contributed by atoms with Crippen LogP contribution < -0.4 is 0 Å². The highest BCUT2D eigenvalue weighted by Crippen LogP contribution is 2.55. The molecular weight excluding hydrogens is 340 g/mol. The molecule has 134 valence electrons. The highest BCUT2D eigenvalue weighted by Gasteiger charge is 2.63. The summed E-state index contributed by atoms with van der Waals surface area (Å²) in [5.41, 5.74) is 0. The Morgan fingerprint density at radius 2 is 1.79 bits per heavy atom. The summed E-state index contributed by atoms with van der Waals surface area (Å²) < 4.78 is 30.7. The number of rotatable bonds is 6. The van der Waals surface area contributed by atoms with E-state index in [0.717, 1.165) is 6.42 Å². The van der Waals surface area contributed by atoms with Crippen LogP contribution in [0.15, 0.2) is 0 Å². The van der Waals surface area contributed by atoms with Gasteiger partial charge in [-0.15, -0.1) is 0 Å². The molecule has 0 aromatic heterocycles. The molecule has 3 fully saturated rings. The lowest BCUT2D eigenvalue weighted by Gasteiger charge is -2.25. The molecule has 3 rings (SSSR count). The number of fused-ring (bicyclic) bond motifs is 1. The first kappa shape index (κ1) is 17.3. The molecule has 0 spiro atoms. The Kier molecular flexibility index (Phi) is 4.64. The maximum absolute atomic E-state index is 12.0. The van der Waals surface area contributed by atoms with Crippen molar-refractivity contribution in [2.45, 2.75) is 25.0 Å². The third-order valence-electron chi connectivity index (χ3n) is 5.14. The van der Waals surface area contributed by atoms with Gasteiger partial charge in [0.05, 0.1) is 5.92 Å². The van der Waals surface area contributed by atoms with E-state index >= 15 is 0 Å². The topological polar surface area (TPSA) is 107 Å². The van der Waals surface area contributed by atoms with Crippen LogP contribution in [-0.2, 0) is 41.9 Å². The lowest BCUT2D eigenvalue weighted by atomic mass is 9.88. The van der Waals surface area contributed by atoms with E-state index in [1.165, 1.54) is 21.3 Å². The second-order valence-corrected chi connectivity index (χ2v) is 9.02. The summed E-state index contributed by atoms with van der Waals surface area (Å²) in [6, 6.07) is 0. The Morgan fingerprint density at radius 3 is 2.42 bits per heavy atom. The summed E-state index contributed by atoms with van der Waals surface area (Å²) in [4.78, 5) is 35.5. The summed E-state index contributed by atoms with van der Waals surface area (Å²) in [6.45, 7) is 0. The van der Waals surface area contributed by atoms with Crippen molar-refractivity contribution < 1.29 is 41.9 Å². The Morgan fingerprint density at radius 1 is 1.12 bits per heavy atom. The van der Waals surface area contributed by atoms with E-state index < -0.39 is 33.0 Å². The first-order chi connectivity index (χ1) is 11.4. The minimum absolute atomic E-state index is 0.0543. The second kappa shape index (κ2) is 6.43. The second-order valence-electron chi connectivity index (χ2n) is 6.14. The third kappa shape index (κ3) is 2.73. The molecule has 0 amide bonds. The highest BCUT2D eigenvalue weighted by molar-refractivity contribution is 6.60. The van der Waals surface area contributed by atoms with E-state index in [1.807, 2.05) is 0 Å². The first-order valence-electron chi connectivity index (χ1n) is 7.68. The van der Waals surface area contributed by atoms with Crippen molar-refractivity contribution >= 4 is 26.7 Å². The van der Waals surface area contributed by atoms with Crippen LogP contribution in [0.5, 0.6) is 0 Å². The third-order valence-corrected chi connectivity index (χ3v) is 7.50. The maximum atomic E-state index is 12.0. The van der Waals surface area contributed by atoms with Gasteiger partial charge in [0.1, 0.15) is 12.2 Å². The maximum Gasteiger partial charge on any atom is 0.540 e. The van der Waals surface area contributed by atoms with Crippen LogP contribution in [0.4, 0.5) is 0 Å². The predicted octanol–water partition coefficient (Wildman–Crippen LogP) is -0.560. The molecule has 5 atom stereocenters. The number of esters is 3. The van der Waals surface area contributed by atoms with E-state index in [-0.39, 0.29) is 30.0 Å². The van der Waals surface area contributed by atoms with Crippen molar-refractivity contribution in [2.24, 2.45) is 17.8 Å². The fraction of sp³-hybridized carbons (Fsp3) is 0.786. The normalized spacial score (nSPS) is 33.5. The Labute approximate surface area is 139 Å². The zero-order chi connectivity index (χ0) is 17.5. The Bertz CT molecular complexity index is 538. The van der Waals surface area contributed by atoms with Crippen LogP contribution in [0.3, 0.4) is 0 Å². The molecular formula is C14H20O9Si. The Hall–Kier alpha value is -1.49. The van der Waals surface area contributed by atoms with Gasteiger partial charge in [-0.2, -0.15) is 0 Å². The van der Waals surface area contributed by atoms with Gasteiger partial charge in [0.15, 0.2) is 6.23 Å². The molecule has 2 aliphatic carbocycles. The van der Waals surface area contributed by atoms with Crippen LogP contribution in [0.25, 0.3) is 0 Å². The standard InChI is InChI=1S/C14H20O9Si/c1-18-24(19-2,20-3)6-21-13(16)14(17)22-10-7-4-8-9(5-7)12(15)23-11(8)10/h7-11H,4-6H2,1-3H3. The summed E-state index contributed by atoms with van der Waals surface area (Å²) in [7, 11) is 0.973. The molecule has 9 nitrogen and oxygen atoms in total. The van der Waals surface area contributed by atoms with Crippen LogP contribution in [0.2, 0.25) is 0 Å². The van der Waals surface area contributed by atoms with E-state index in [0.29, 0.717) is 6.42 Å². The van der Waals surface area contributed by atoms with Crippen LogP contribution >= 0.6 is 0 Å². The molecule has 10 heteroatoms. The zero-order valence-electron chi connectivity index (χ0n) is 13.7. The molecule has 0 aromatic rings. The largest absolute Gasteiger partial charge is 0.540 e. The van der Waals surface area contributed by atoms with Gasteiger partial charge in [-0.1, -0.05) is 0 Å². The van der Waals surface area contributed by atoms with Crippen molar-refractivity contribution in [1.29, 1.82) is 0 Å². The predicted molar refractivity (Wildman–Crippen MR) is 77.2 cm³/mol. The quantitative estimate of drug-likeness (QED) is 0.267. The molecule has 2 bridgehead atoms. The van der Waals surface area contributed by atoms with E-state index in [9.17, 15) is 14.4 Å². The summed E-state index contributed by atoms with van der Waals surface area (Å²) in [5, 5.41) is 0. The molecule has 2 saturated carbocycles. The highest BCUT2D eigenvalue weighted by atomic mass is 28.4. The van der Waals surface area contributed by atoms with Gasteiger partial charge in [-0.05, 0) is 12.8 Å². The van der Waals surface area contributed by atoms with Crippen LogP contribution in [0, 0.1) is 17.8 Å². The number of carbonyl (C=O) groups is 3. The van der Waals surface area contributed by atoms with Crippen molar-refractivity contribution in [3.63, 3.8) is 0 Å². The summed E-state index contributed by atoms with van der Waals surface area (Å²) >= 11 is 0. The molecule has 1 aliphatic heterocycles. The monoisotopic (exact) mass is 360 g/mol. The average Bonchev–Trinajstić information content (AvgIpc) is 3.21. The van der Waals surface area contributed by atoms with E-state index in [1.54, 1.807) is 0 Å². The van der Waals surface area contributed by atoms with Crippen molar-refractivity contribution in [2.75, 3.05) is 27.6 Å². The minimum atomic E-state index is -3.13. The lowest BCUT2D eigenvalue weighted by Crippen LogP contribution is -2.49. The number of carbonyl (C=O) groups excluding carboxylic acids is 3. The fourth-order valence-electron chi connectivity index (χ4n) is 3.88. The van der Waals surface area contributed by atoms with Crippen LogP contribution in [-0.4, -0.2) is 66.5 Å². The van der Waals surface area contributed by atoms with Gasteiger partial charge in [0.2, 0.25) is 0 Å². The van der Waals surface area contributed by atoms with Gasteiger partial charge in [0, 0.05) is 33.2 Å². The molecule has 0 N–H and O–H groups in total. The molecule has 0 aromatic carbocycles. The van der Waals surface area contributed by atoms with E-state index in [4.69, 9.17) is 27.5 Å². The smallest absolute Gasteiger partial charge is 0.458 e. The van der Waals surface area contributed by atoms with Crippen molar-refractivity contribution in [1.82, 2.24) is 0 Å². The zero-order valence-corrected chi connectivity index (χ0v) is 14.7. The number of hydrogen-bond donors (Lipinski definition) is 0. The molecule has 24 heavy (non-hydrogen) atoms. The van der Waals surface area contributed by atoms with Crippen molar-refractivity contribution in [3.05, 3.63) is 0 Å². The molecule has 3 aliphatic rings. The number of ether oxygens (including phenoxy) is 3. The minimum Gasteiger partial charge on any atom is -0.458 e. The fourth-order valence-corrected chi connectivity index (χ4v) is 5.04. The molecule has 5 unspecified atom stereocenters. The summed E-state index contributed by atoms with van der Waals surface area (Å²) in [5.74, 6) is -2.44. The Balaban J connectivity index is 1.54. The molecule has 1 heterocycles. The van der Waals surface area contributed by atoms with Crippen molar-refractivity contribution in [3.8, 4) is 0 Å². The van der Waals surface area contributed by atoms with Gasteiger partial charge < -0.3 is 27.5 Å². The average molecular weight is 360 g/mol. The lowest BCUT2D eigenvalue weighted by molar-refractivity contribution is -0.176. The number of hydrogen-bond acceptors (Lipinski definition) is 9. The summed E-state index contributed by atoms with van der Waals surface area (Å²) in [6.07, 6.45) is 0.0958. The van der Waals surface area contributed by atoms with Gasteiger partial charge in [-0.25, -0.2) is 9.59 Å². The molecule has 1 saturated heterocycles. The van der Waals surface area contributed by atoms with E-state index in [2.05, 4.69) is 0 Å².